The predicted octanol–water partition coefficient (Wildman–Crippen LogP) is 3.75. The Morgan fingerprint density at radius 1 is 1.21 bits per heavy atom. The van der Waals surface area contributed by atoms with E-state index in [4.69, 9.17) is 4.42 Å². The minimum atomic E-state index is -0.0612. The number of thiazole rings is 1. The van der Waals surface area contributed by atoms with Crippen LogP contribution < -0.4 is 0 Å². The molecular weight excluding hydrogens is 324 g/mol. The van der Waals surface area contributed by atoms with E-state index in [1.165, 1.54) is 30.6 Å². The third kappa shape index (κ3) is 2.85. The fourth-order valence-electron chi connectivity index (χ4n) is 3.84. The number of hydrogen-bond acceptors (Lipinski definition) is 6. The smallest absolute Gasteiger partial charge is 0.259 e. The summed E-state index contributed by atoms with van der Waals surface area (Å²) in [6, 6.07) is -0.0612. The topological polar surface area (TPSA) is 72.1 Å². The molecule has 128 valence electrons. The number of aromatic nitrogens is 3. The van der Waals surface area contributed by atoms with Crippen molar-refractivity contribution in [1.82, 2.24) is 20.1 Å². The van der Waals surface area contributed by atoms with E-state index in [1.54, 1.807) is 5.51 Å². The molecule has 2 aliphatic rings. The molecule has 24 heavy (non-hydrogen) atoms. The van der Waals surface area contributed by atoms with Gasteiger partial charge in [0.1, 0.15) is 10.9 Å². The van der Waals surface area contributed by atoms with E-state index >= 15 is 0 Å². The molecule has 0 aromatic carbocycles. The summed E-state index contributed by atoms with van der Waals surface area (Å²) in [6.07, 6.45) is 7.56. The lowest BCUT2D eigenvalue weighted by Crippen LogP contribution is -2.36. The first-order valence-electron chi connectivity index (χ1n) is 8.78. The molecule has 2 aromatic rings. The molecule has 3 heterocycles. The lowest BCUT2D eigenvalue weighted by Gasteiger charge is -2.29. The molecule has 1 aliphatic heterocycles. The van der Waals surface area contributed by atoms with Crippen molar-refractivity contribution >= 4 is 17.2 Å². The van der Waals surface area contributed by atoms with Gasteiger partial charge < -0.3 is 9.32 Å². The molecule has 1 saturated carbocycles. The van der Waals surface area contributed by atoms with Crippen LogP contribution in [0, 0.1) is 12.8 Å². The van der Waals surface area contributed by atoms with Crippen LogP contribution in [0.4, 0.5) is 0 Å². The molecule has 0 spiro atoms. The number of hydrogen-bond donors (Lipinski definition) is 0. The van der Waals surface area contributed by atoms with Gasteiger partial charge >= 0.3 is 0 Å². The van der Waals surface area contributed by atoms with Gasteiger partial charge in [0.2, 0.25) is 11.8 Å². The van der Waals surface area contributed by atoms with Crippen LogP contribution in [-0.2, 0) is 4.79 Å². The Hall–Kier alpha value is -1.76. The summed E-state index contributed by atoms with van der Waals surface area (Å²) in [5, 5.41) is 8.43. The second-order valence-electron chi connectivity index (χ2n) is 6.74. The average Bonchev–Trinajstić information content (AvgIpc) is 3.34. The van der Waals surface area contributed by atoms with E-state index in [0.29, 0.717) is 11.8 Å². The zero-order valence-corrected chi connectivity index (χ0v) is 14.7. The second kappa shape index (κ2) is 6.63. The highest BCUT2D eigenvalue weighted by molar-refractivity contribution is 7.13. The average molecular weight is 346 g/mol. The lowest BCUT2D eigenvalue weighted by atomic mass is 9.88. The van der Waals surface area contributed by atoms with Gasteiger partial charge in [0, 0.05) is 12.5 Å². The van der Waals surface area contributed by atoms with Crippen LogP contribution in [0.5, 0.6) is 0 Å². The van der Waals surface area contributed by atoms with Crippen LogP contribution in [0.15, 0.2) is 9.93 Å². The minimum Gasteiger partial charge on any atom is -0.418 e. The van der Waals surface area contributed by atoms with Crippen LogP contribution in [-0.4, -0.2) is 32.5 Å². The van der Waals surface area contributed by atoms with Gasteiger partial charge in [-0.25, -0.2) is 4.98 Å². The van der Waals surface area contributed by atoms with Crippen LogP contribution in [0.25, 0.3) is 10.8 Å². The number of amides is 1. The molecule has 0 radical (unpaired) electrons. The molecule has 6 nitrogen and oxygen atoms in total. The zero-order valence-electron chi connectivity index (χ0n) is 13.9. The normalized spacial score (nSPS) is 22.2. The maximum absolute atomic E-state index is 12.9. The quantitative estimate of drug-likeness (QED) is 0.846. The molecule has 1 saturated heterocycles. The minimum absolute atomic E-state index is 0.0612. The van der Waals surface area contributed by atoms with Gasteiger partial charge in [-0.15, -0.1) is 21.5 Å². The largest absolute Gasteiger partial charge is 0.418 e. The Labute approximate surface area is 145 Å². The van der Waals surface area contributed by atoms with E-state index in [2.05, 4.69) is 15.2 Å². The van der Waals surface area contributed by atoms with Crippen LogP contribution in [0.2, 0.25) is 0 Å². The van der Waals surface area contributed by atoms with E-state index in [1.807, 2.05) is 11.8 Å². The molecule has 1 atom stereocenters. The van der Waals surface area contributed by atoms with Crippen molar-refractivity contribution in [2.45, 2.75) is 57.9 Å². The maximum Gasteiger partial charge on any atom is 0.259 e. The van der Waals surface area contributed by atoms with Crippen LogP contribution >= 0.6 is 11.3 Å². The number of likely N-dealkylation sites (tertiary alicyclic amines) is 1. The highest BCUT2D eigenvalue weighted by atomic mass is 32.1. The number of aryl methyl sites for hydroxylation is 1. The SMILES string of the molecule is Cc1ncsc1-c1nnc([C@H]2CCCN2C(=O)C2CCCCC2)o1. The monoisotopic (exact) mass is 346 g/mol. The van der Waals surface area contributed by atoms with Gasteiger partial charge in [-0.3, -0.25) is 4.79 Å². The Bertz CT molecular complexity index is 720. The van der Waals surface area contributed by atoms with Crippen molar-refractivity contribution in [2.75, 3.05) is 6.54 Å². The molecule has 0 unspecified atom stereocenters. The van der Waals surface area contributed by atoms with Crippen molar-refractivity contribution in [3.8, 4) is 10.8 Å². The molecule has 2 fully saturated rings. The number of carbonyl (C=O) groups excluding carboxylic acids is 1. The maximum atomic E-state index is 12.9. The standard InChI is InChI=1S/C17H22N4O2S/c1-11-14(24-10-18-11)16-20-19-15(23-16)13-8-5-9-21(13)17(22)12-6-3-2-4-7-12/h10,12-13H,2-9H2,1H3/t13-/m1/s1. The Morgan fingerprint density at radius 3 is 2.79 bits per heavy atom. The summed E-state index contributed by atoms with van der Waals surface area (Å²) in [6.45, 7) is 2.74. The Kier molecular flexibility index (Phi) is 4.35. The Balaban J connectivity index is 1.53. The van der Waals surface area contributed by atoms with Crippen molar-refractivity contribution in [3.05, 3.63) is 17.1 Å². The van der Waals surface area contributed by atoms with Gasteiger partial charge in [-0.1, -0.05) is 19.3 Å². The molecule has 0 bridgehead atoms. The third-order valence-electron chi connectivity index (χ3n) is 5.16. The van der Waals surface area contributed by atoms with Gasteiger partial charge in [0.15, 0.2) is 0 Å². The first-order valence-corrected chi connectivity index (χ1v) is 9.66. The fourth-order valence-corrected chi connectivity index (χ4v) is 4.56. The third-order valence-corrected chi connectivity index (χ3v) is 6.07. The lowest BCUT2D eigenvalue weighted by molar-refractivity contribution is -0.137. The van der Waals surface area contributed by atoms with E-state index in [9.17, 15) is 4.79 Å². The molecular formula is C17H22N4O2S. The fraction of sp³-hybridized carbons (Fsp3) is 0.647. The van der Waals surface area contributed by atoms with E-state index < -0.39 is 0 Å². The zero-order chi connectivity index (χ0) is 16.5. The summed E-state index contributed by atoms with van der Waals surface area (Å²) < 4.78 is 5.91. The first kappa shape index (κ1) is 15.7. The summed E-state index contributed by atoms with van der Waals surface area (Å²) in [5.41, 5.74) is 2.68. The van der Waals surface area contributed by atoms with Crippen molar-refractivity contribution in [1.29, 1.82) is 0 Å². The highest BCUT2D eigenvalue weighted by Gasteiger charge is 2.37. The summed E-state index contributed by atoms with van der Waals surface area (Å²) in [7, 11) is 0. The molecule has 1 amide bonds. The van der Waals surface area contributed by atoms with Crippen molar-refractivity contribution < 1.29 is 9.21 Å². The summed E-state index contributed by atoms with van der Waals surface area (Å²) in [4.78, 5) is 20.0. The molecule has 7 heteroatoms. The summed E-state index contributed by atoms with van der Waals surface area (Å²) in [5.74, 6) is 1.55. The molecule has 4 rings (SSSR count). The van der Waals surface area contributed by atoms with Gasteiger partial charge in [-0.05, 0) is 32.6 Å². The van der Waals surface area contributed by atoms with Crippen LogP contribution in [0.3, 0.4) is 0 Å². The molecule has 2 aromatic heterocycles. The van der Waals surface area contributed by atoms with E-state index in [-0.39, 0.29) is 17.9 Å². The Morgan fingerprint density at radius 2 is 2.04 bits per heavy atom. The highest BCUT2D eigenvalue weighted by Crippen LogP contribution is 2.36. The number of rotatable bonds is 3. The van der Waals surface area contributed by atoms with E-state index in [0.717, 1.165) is 42.8 Å². The molecule has 0 N–H and O–H groups in total. The number of carbonyl (C=O) groups is 1. The van der Waals surface area contributed by atoms with Crippen molar-refractivity contribution in [3.63, 3.8) is 0 Å². The van der Waals surface area contributed by atoms with Crippen LogP contribution in [0.1, 0.15) is 62.6 Å². The summed E-state index contributed by atoms with van der Waals surface area (Å²) >= 11 is 1.50. The van der Waals surface area contributed by atoms with Gasteiger partial charge in [0.05, 0.1) is 11.2 Å². The number of nitrogens with zero attached hydrogens (tertiary/aromatic N) is 4. The predicted molar refractivity (Wildman–Crippen MR) is 90.4 cm³/mol. The molecule has 1 aliphatic carbocycles. The van der Waals surface area contributed by atoms with Gasteiger partial charge in [-0.2, -0.15) is 0 Å². The first-order chi connectivity index (χ1) is 11.7. The second-order valence-corrected chi connectivity index (χ2v) is 7.59. The van der Waals surface area contributed by atoms with Gasteiger partial charge in [0.25, 0.3) is 5.89 Å². The van der Waals surface area contributed by atoms with Crippen molar-refractivity contribution in [2.24, 2.45) is 5.92 Å².